The number of amides is 1. The van der Waals surface area contributed by atoms with Gasteiger partial charge in [0, 0.05) is 31.7 Å². The Morgan fingerprint density at radius 3 is 2.78 bits per heavy atom. The lowest BCUT2D eigenvalue weighted by molar-refractivity contribution is 0.136. The fraction of sp³-hybridized carbons (Fsp3) is 0.545. The number of nitrogens with zero attached hydrogens (tertiary/aromatic N) is 4. The summed E-state index contributed by atoms with van der Waals surface area (Å²) in [5.74, 6) is 1.37. The molecule has 1 amide bonds. The molecule has 1 N–H and O–H groups in total. The second kappa shape index (κ2) is 4.97. The molecule has 0 bridgehead atoms. The Kier molecular flexibility index (Phi) is 3.56. The topological polar surface area (TPSA) is 69.6 Å². The summed E-state index contributed by atoms with van der Waals surface area (Å²) in [5.41, 5.74) is 0. The molecule has 1 aliphatic rings. The Labute approximate surface area is 110 Å². The molecule has 2 heterocycles. The molecular weight excluding hydrogens is 256 g/mol. The molecule has 1 aliphatic heterocycles. The number of carbonyl (C=O) groups is 1. The van der Waals surface area contributed by atoms with Crippen LogP contribution in [0.1, 0.15) is 12.7 Å². The summed E-state index contributed by atoms with van der Waals surface area (Å²) in [5, 5.41) is 9.37. The predicted octanol–water partition coefficient (Wildman–Crippen LogP) is 1.63. The quantitative estimate of drug-likeness (QED) is 0.786. The van der Waals surface area contributed by atoms with Gasteiger partial charge in [0.2, 0.25) is 0 Å². The average Bonchev–Trinajstić information content (AvgIpc) is 2.27. The maximum Gasteiger partial charge on any atom is 0.407 e. The summed E-state index contributed by atoms with van der Waals surface area (Å²) in [7, 11) is 0. The van der Waals surface area contributed by atoms with Crippen LogP contribution in [-0.4, -0.2) is 51.7 Å². The van der Waals surface area contributed by atoms with Crippen molar-refractivity contribution in [2.24, 2.45) is 0 Å². The minimum atomic E-state index is -0.876. The highest BCUT2D eigenvalue weighted by molar-refractivity contribution is 6.29. The SMILES string of the molecule is Cc1nc(Cl)cc(N2CCN(C(=O)O)C[C@@H]2C)n1. The van der Waals surface area contributed by atoms with E-state index in [9.17, 15) is 4.79 Å². The molecule has 0 spiro atoms. The van der Waals surface area contributed by atoms with Crippen LogP contribution in [0.5, 0.6) is 0 Å². The van der Waals surface area contributed by atoms with E-state index in [4.69, 9.17) is 16.7 Å². The summed E-state index contributed by atoms with van der Waals surface area (Å²) >= 11 is 5.91. The van der Waals surface area contributed by atoms with Gasteiger partial charge in [-0.05, 0) is 13.8 Å². The molecule has 7 heteroatoms. The number of hydrogen-bond acceptors (Lipinski definition) is 4. The van der Waals surface area contributed by atoms with Gasteiger partial charge in [0.15, 0.2) is 0 Å². The first-order valence-electron chi connectivity index (χ1n) is 5.73. The van der Waals surface area contributed by atoms with E-state index in [2.05, 4.69) is 14.9 Å². The number of aromatic nitrogens is 2. The molecule has 18 heavy (non-hydrogen) atoms. The van der Waals surface area contributed by atoms with Crippen molar-refractivity contribution in [3.05, 3.63) is 17.0 Å². The van der Waals surface area contributed by atoms with Crippen LogP contribution in [0.2, 0.25) is 5.15 Å². The van der Waals surface area contributed by atoms with Crippen molar-refractivity contribution in [1.82, 2.24) is 14.9 Å². The Hall–Kier alpha value is -1.56. The molecule has 0 radical (unpaired) electrons. The number of hydrogen-bond donors (Lipinski definition) is 1. The third-order valence-corrected chi connectivity index (χ3v) is 3.18. The van der Waals surface area contributed by atoms with Crippen LogP contribution in [0.3, 0.4) is 0 Å². The van der Waals surface area contributed by atoms with Gasteiger partial charge in [-0.1, -0.05) is 11.6 Å². The zero-order valence-electron chi connectivity index (χ0n) is 10.3. The molecule has 6 nitrogen and oxygen atoms in total. The van der Waals surface area contributed by atoms with Crippen LogP contribution in [0.4, 0.5) is 10.6 Å². The molecule has 1 saturated heterocycles. The summed E-state index contributed by atoms with van der Waals surface area (Å²) in [6, 6.07) is 1.78. The highest BCUT2D eigenvalue weighted by Gasteiger charge is 2.27. The first-order chi connectivity index (χ1) is 8.47. The van der Waals surface area contributed by atoms with Crippen molar-refractivity contribution < 1.29 is 9.90 Å². The van der Waals surface area contributed by atoms with E-state index >= 15 is 0 Å². The maximum atomic E-state index is 10.9. The minimum Gasteiger partial charge on any atom is -0.465 e. The van der Waals surface area contributed by atoms with Gasteiger partial charge in [0.05, 0.1) is 0 Å². The van der Waals surface area contributed by atoms with Crippen molar-refractivity contribution >= 4 is 23.5 Å². The molecule has 0 aromatic carbocycles. The molecule has 1 aromatic rings. The number of aryl methyl sites for hydroxylation is 1. The van der Waals surface area contributed by atoms with Gasteiger partial charge in [-0.25, -0.2) is 14.8 Å². The van der Waals surface area contributed by atoms with E-state index in [1.54, 1.807) is 13.0 Å². The number of halogens is 1. The number of rotatable bonds is 1. The van der Waals surface area contributed by atoms with Gasteiger partial charge in [-0.15, -0.1) is 0 Å². The van der Waals surface area contributed by atoms with Crippen LogP contribution < -0.4 is 4.90 Å². The van der Waals surface area contributed by atoms with E-state index < -0.39 is 6.09 Å². The molecule has 2 rings (SSSR count). The largest absolute Gasteiger partial charge is 0.465 e. The molecule has 1 fully saturated rings. The van der Waals surface area contributed by atoms with E-state index in [0.717, 1.165) is 5.82 Å². The minimum absolute atomic E-state index is 0.0696. The van der Waals surface area contributed by atoms with Crippen LogP contribution in [0.25, 0.3) is 0 Å². The average molecular weight is 271 g/mol. The number of anilines is 1. The van der Waals surface area contributed by atoms with Crippen molar-refractivity contribution in [2.45, 2.75) is 19.9 Å². The van der Waals surface area contributed by atoms with E-state index in [0.29, 0.717) is 30.6 Å². The predicted molar refractivity (Wildman–Crippen MR) is 68.2 cm³/mol. The Bertz CT molecular complexity index is 448. The summed E-state index contributed by atoms with van der Waals surface area (Å²) < 4.78 is 0. The van der Waals surface area contributed by atoms with Gasteiger partial charge in [-0.3, -0.25) is 0 Å². The third kappa shape index (κ3) is 2.64. The number of carboxylic acid groups (broad SMARTS) is 1. The first-order valence-corrected chi connectivity index (χ1v) is 6.11. The van der Waals surface area contributed by atoms with Crippen LogP contribution in [0, 0.1) is 6.92 Å². The monoisotopic (exact) mass is 270 g/mol. The highest BCUT2D eigenvalue weighted by atomic mass is 35.5. The molecule has 98 valence electrons. The highest BCUT2D eigenvalue weighted by Crippen LogP contribution is 2.21. The van der Waals surface area contributed by atoms with Crippen LogP contribution in [0.15, 0.2) is 6.07 Å². The van der Waals surface area contributed by atoms with Crippen LogP contribution in [-0.2, 0) is 0 Å². The van der Waals surface area contributed by atoms with E-state index in [1.165, 1.54) is 4.90 Å². The molecule has 0 saturated carbocycles. The van der Waals surface area contributed by atoms with E-state index in [-0.39, 0.29) is 6.04 Å². The standard InChI is InChI=1S/C11H15ClN4O2/c1-7-6-15(11(17)18)3-4-16(7)10-5-9(12)13-8(2)14-10/h5,7H,3-4,6H2,1-2H3,(H,17,18)/t7-/m0/s1. The Morgan fingerprint density at radius 1 is 1.50 bits per heavy atom. The van der Waals surface area contributed by atoms with Gasteiger partial charge in [0.1, 0.15) is 16.8 Å². The molecule has 0 unspecified atom stereocenters. The molecule has 1 atom stereocenters. The third-order valence-electron chi connectivity index (χ3n) is 2.99. The Morgan fingerprint density at radius 2 is 2.22 bits per heavy atom. The molecule has 0 aliphatic carbocycles. The van der Waals surface area contributed by atoms with Crippen molar-refractivity contribution in [3.8, 4) is 0 Å². The summed E-state index contributed by atoms with van der Waals surface area (Å²) in [6.07, 6.45) is -0.876. The normalized spacial score (nSPS) is 20.1. The second-order valence-corrected chi connectivity index (χ2v) is 4.75. The summed E-state index contributed by atoms with van der Waals surface area (Å²) in [4.78, 5) is 22.7. The Balaban J connectivity index is 2.17. The smallest absolute Gasteiger partial charge is 0.407 e. The van der Waals surface area contributed by atoms with Crippen molar-refractivity contribution in [2.75, 3.05) is 24.5 Å². The summed E-state index contributed by atoms with van der Waals surface area (Å²) in [6.45, 7) is 5.31. The molecular formula is C11H15ClN4O2. The zero-order chi connectivity index (χ0) is 13.3. The molecule has 1 aromatic heterocycles. The lowest BCUT2D eigenvalue weighted by Crippen LogP contribution is -2.53. The fourth-order valence-electron chi connectivity index (χ4n) is 2.14. The van der Waals surface area contributed by atoms with Crippen molar-refractivity contribution in [1.29, 1.82) is 0 Å². The lowest BCUT2D eigenvalue weighted by Gasteiger charge is -2.39. The van der Waals surface area contributed by atoms with E-state index in [1.807, 2.05) is 6.92 Å². The van der Waals surface area contributed by atoms with Gasteiger partial charge >= 0.3 is 6.09 Å². The fourth-order valence-corrected chi connectivity index (χ4v) is 2.36. The van der Waals surface area contributed by atoms with Crippen molar-refractivity contribution in [3.63, 3.8) is 0 Å². The lowest BCUT2D eigenvalue weighted by atomic mass is 10.2. The zero-order valence-corrected chi connectivity index (χ0v) is 11.1. The number of piperazine rings is 1. The van der Waals surface area contributed by atoms with Gasteiger partial charge < -0.3 is 14.9 Å². The van der Waals surface area contributed by atoms with Gasteiger partial charge in [0.25, 0.3) is 0 Å². The second-order valence-electron chi connectivity index (χ2n) is 4.37. The first kappa shape index (κ1) is 12.9. The maximum absolute atomic E-state index is 10.9. The van der Waals surface area contributed by atoms with Gasteiger partial charge in [-0.2, -0.15) is 0 Å². The van der Waals surface area contributed by atoms with Crippen LogP contribution >= 0.6 is 11.6 Å².